The molecule has 0 radical (unpaired) electrons. The Labute approximate surface area is 602 Å². The predicted molar refractivity (Wildman–Crippen MR) is 392 cm³/mol. The number of halogens is 3. The number of alkyl halides is 3. The first-order valence-electron chi connectivity index (χ1n) is 35.8. The number of carbonyl (C=O) groups is 4. The zero-order valence-electron chi connectivity index (χ0n) is 59.5. The fraction of sp³-hybridized carbons (Fsp3) is 0.566. The van der Waals surface area contributed by atoms with Crippen molar-refractivity contribution < 1.29 is 54.3 Å². The number of anilines is 2. The van der Waals surface area contributed by atoms with Crippen LogP contribution in [-0.4, -0.2) is 159 Å². The van der Waals surface area contributed by atoms with Gasteiger partial charge in [0.25, 0.3) is 25.8 Å². The Balaban J connectivity index is 0.670. The molecular formula is C76H100F3N9O9S4. The fourth-order valence-corrected chi connectivity index (χ4v) is 19.7. The molecule has 4 aromatic carbocycles. The molecule has 0 spiro atoms. The number of unbranched alkanes of at least 4 members (excludes halogenated alkanes) is 3. The molecule has 4 saturated carbocycles. The first kappa shape index (κ1) is 75.8. The zero-order valence-corrected chi connectivity index (χ0v) is 62.7. The number of hydrogen-bond acceptors (Lipinski definition) is 16. The van der Waals surface area contributed by atoms with Crippen LogP contribution in [0.2, 0.25) is 0 Å². The molecule has 18 nitrogen and oxygen atoms in total. The molecule has 1 aromatic heterocycles. The van der Waals surface area contributed by atoms with E-state index in [1.807, 2.05) is 93.9 Å². The van der Waals surface area contributed by atoms with Crippen LogP contribution in [0.5, 0.6) is 0 Å². The Hall–Kier alpha value is -6.35. The molecule has 2 saturated heterocycles. The second-order valence-corrected chi connectivity index (χ2v) is 37.0. The average molecular weight is 1470 g/mol. The number of hydrogen-bond donors (Lipinski definition) is 5. The summed E-state index contributed by atoms with van der Waals surface area (Å²) in [5.41, 5.74) is 3.17. The van der Waals surface area contributed by atoms with E-state index in [1.54, 1.807) is 40.1 Å². The van der Waals surface area contributed by atoms with Gasteiger partial charge in [-0.1, -0.05) is 108 Å². The van der Waals surface area contributed by atoms with Crippen LogP contribution in [0.25, 0.3) is 10.4 Å². The van der Waals surface area contributed by atoms with E-state index in [1.165, 1.54) is 60.9 Å². The minimum absolute atomic E-state index is 0.00735. The molecule has 25 heteroatoms. The minimum atomic E-state index is -6.16. The van der Waals surface area contributed by atoms with E-state index in [0.717, 1.165) is 109 Å². The second kappa shape index (κ2) is 30.8. The van der Waals surface area contributed by atoms with Crippen LogP contribution in [0, 0.1) is 28.6 Å². The topological polar surface area (TPSA) is 231 Å². The molecule has 5 aromatic rings. The number of sulfonamides is 1. The first-order chi connectivity index (χ1) is 47.7. The van der Waals surface area contributed by atoms with E-state index in [-0.39, 0.29) is 36.9 Å². The number of piperazine rings is 1. The maximum absolute atomic E-state index is 14.7. The molecule has 5 aliphatic carbocycles. The van der Waals surface area contributed by atoms with Gasteiger partial charge in [-0.05, 0) is 178 Å². The maximum Gasteiger partial charge on any atom is 0.501 e. The number of nitrogens with zero attached hydrogens (tertiary/aromatic N) is 5. The molecule has 548 valence electrons. The van der Waals surface area contributed by atoms with E-state index >= 15 is 0 Å². The highest BCUT2D eigenvalue weighted by molar-refractivity contribution is 7.99. The van der Waals surface area contributed by atoms with Crippen molar-refractivity contribution in [1.29, 1.82) is 0 Å². The van der Waals surface area contributed by atoms with Crippen LogP contribution >= 0.6 is 23.1 Å². The Bertz CT molecular complexity index is 4040. The monoisotopic (exact) mass is 1470 g/mol. The summed E-state index contributed by atoms with van der Waals surface area (Å²) in [6, 6.07) is 23.6. The first-order valence-corrected chi connectivity index (χ1v) is 40.6. The van der Waals surface area contributed by atoms with Gasteiger partial charge in [-0.15, -0.1) is 23.1 Å². The SMILES string of the molecule is Cc1ncsc1-c1ccc([C@H](C)NC(=O)[C@@H]2C[C@@H](O)CN2C(=O)[C@@H](NC(=O)CCCCCCN(CC[C@H](CSc2ccccc2)Nc2ccc(S(=O)(=O)NC(=O)c3ccc(N4CCN(CC5=C(C67CC(C)(C6)C7)CC(C)(C)CC5)CC4)cc3)cc2S(=O)(=O)C(F)(F)F)C2CC2)C(C)(C)C)cc1. The number of amides is 4. The summed E-state index contributed by atoms with van der Waals surface area (Å²) in [5, 5.41) is 19.9. The minimum Gasteiger partial charge on any atom is -0.391 e. The van der Waals surface area contributed by atoms with Crippen LogP contribution in [0.1, 0.15) is 172 Å². The highest BCUT2D eigenvalue weighted by Gasteiger charge is 2.67. The number of benzene rings is 4. The summed E-state index contributed by atoms with van der Waals surface area (Å²) < 4.78 is 101. The summed E-state index contributed by atoms with van der Waals surface area (Å²) in [6.07, 6.45) is 11.9. The number of carbonyl (C=O) groups excluding carboxylic acids is 4. The lowest BCUT2D eigenvalue weighted by Gasteiger charge is -2.72. The molecule has 5 N–H and O–H groups in total. The van der Waals surface area contributed by atoms with E-state index in [2.05, 4.69) is 56.4 Å². The lowest BCUT2D eigenvalue weighted by atomic mass is 9.33. The number of aliphatic hydroxyl groups is 1. The molecule has 101 heavy (non-hydrogen) atoms. The van der Waals surface area contributed by atoms with Gasteiger partial charge < -0.3 is 35.8 Å². The van der Waals surface area contributed by atoms with Crippen LogP contribution in [0.3, 0.4) is 0 Å². The number of thioether (sulfide) groups is 1. The van der Waals surface area contributed by atoms with Gasteiger partial charge >= 0.3 is 5.51 Å². The number of aromatic nitrogens is 1. The maximum atomic E-state index is 14.7. The summed E-state index contributed by atoms with van der Waals surface area (Å²) in [7, 11) is -11.1. The number of aliphatic hydroxyl groups excluding tert-OH is 1. The lowest BCUT2D eigenvalue weighted by molar-refractivity contribution is -0.167. The van der Waals surface area contributed by atoms with E-state index in [4.69, 9.17) is 0 Å². The van der Waals surface area contributed by atoms with Crippen molar-refractivity contribution in [3.8, 4) is 10.4 Å². The Morgan fingerprint density at radius 2 is 1.52 bits per heavy atom. The van der Waals surface area contributed by atoms with Crippen molar-refractivity contribution in [3.63, 3.8) is 0 Å². The van der Waals surface area contributed by atoms with E-state index < -0.39 is 94.3 Å². The van der Waals surface area contributed by atoms with Crippen LogP contribution in [-0.2, 0) is 34.2 Å². The largest absolute Gasteiger partial charge is 0.501 e. The molecule has 0 unspecified atom stereocenters. The molecule has 12 rings (SSSR count). The smallest absolute Gasteiger partial charge is 0.391 e. The van der Waals surface area contributed by atoms with Crippen molar-refractivity contribution in [3.05, 3.63) is 131 Å². The number of likely N-dealkylation sites (tertiary alicyclic amines) is 1. The van der Waals surface area contributed by atoms with Crippen LogP contribution in [0.4, 0.5) is 24.5 Å². The normalized spacial score (nSPS) is 22.6. The number of sulfone groups is 1. The van der Waals surface area contributed by atoms with Gasteiger partial charge in [0.2, 0.25) is 17.7 Å². The fourth-order valence-electron chi connectivity index (χ4n) is 15.9. The van der Waals surface area contributed by atoms with Gasteiger partial charge in [0.1, 0.15) is 17.0 Å². The van der Waals surface area contributed by atoms with Gasteiger partial charge in [0.05, 0.1) is 38.8 Å². The van der Waals surface area contributed by atoms with Gasteiger partial charge in [-0.3, -0.25) is 24.1 Å². The Morgan fingerprint density at radius 1 is 0.842 bits per heavy atom. The molecule has 4 amide bonds. The van der Waals surface area contributed by atoms with Crippen LogP contribution in [0.15, 0.2) is 128 Å². The highest BCUT2D eigenvalue weighted by atomic mass is 32.2. The van der Waals surface area contributed by atoms with Gasteiger partial charge in [-0.25, -0.2) is 26.5 Å². The van der Waals surface area contributed by atoms with E-state index in [9.17, 15) is 54.3 Å². The molecular weight excluding hydrogens is 1370 g/mol. The van der Waals surface area contributed by atoms with Gasteiger partial charge in [0, 0.05) is 92.6 Å². The number of rotatable bonds is 30. The number of thiazole rings is 1. The molecule has 3 heterocycles. The number of aryl methyl sites for hydroxylation is 1. The molecule has 7 aliphatic rings. The summed E-state index contributed by atoms with van der Waals surface area (Å²) in [4.78, 5) is 68.1. The standard InChI is InChI=1S/C76H100F3N9O9S4/c1-50(52-19-21-53(22-20-52)67-51(2)80-49-99-67)81-70(92)64-40-59(89)44-88(64)71(93)68(72(3,4)5)83-66(90)18-14-9-10-15-34-86(58-27-28-58)35-32-56(45-98-60-16-12-11-13-17-60)82-63-30-29-61(41-65(63)100(94,95)76(77,78)79)101(96,97)84-69(91)54-23-25-57(26-24-54)87-38-36-85(37-39-87)43-55-31-33-73(6,7)42-62(55)75-46-74(8,47-75)48-75/h11-13,16-17,19-26,29-30,41,49-50,56,58-59,64,68,82,89H,9-10,14-15,18,27-28,31-40,42-48H2,1-8H3,(H,81,92)(H,83,90)(H,84,91)/t50-,56+,59+,64-,68+,74?,75?/m0/s1. The quantitative estimate of drug-likeness (QED) is 0.0164. The summed E-state index contributed by atoms with van der Waals surface area (Å²) in [6.45, 7) is 22.0. The molecule has 2 bridgehead atoms. The number of nitrogens with one attached hydrogen (secondary N) is 4. The lowest BCUT2D eigenvalue weighted by Crippen LogP contribution is -2.61. The molecule has 5 atom stereocenters. The van der Waals surface area contributed by atoms with E-state index in [0.29, 0.717) is 60.4 Å². The predicted octanol–water partition coefficient (Wildman–Crippen LogP) is 13.1. The molecule has 2 aliphatic heterocycles. The number of allylic oxidation sites excluding steroid dienone is 1. The van der Waals surface area contributed by atoms with Gasteiger partial charge in [-0.2, -0.15) is 13.2 Å². The zero-order chi connectivity index (χ0) is 72.5. The summed E-state index contributed by atoms with van der Waals surface area (Å²) in [5.74, 6) is -1.88. The highest BCUT2D eigenvalue weighted by Crippen LogP contribution is 2.77. The number of β-amino-alcohol motifs (C(OH)–C–C–N with tert-alkyl or cyclic N) is 1. The third-order valence-electron chi connectivity index (χ3n) is 21.5. The molecule has 6 fully saturated rings. The van der Waals surface area contributed by atoms with Crippen molar-refractivity contribution in [1.82, 2.24) is 35.0 Å². The summed E-state index contributed by atoms with van der Waals surface area (Å²) >= 11 is 2.99. The van der Waals surface area contributed by atoms with Gasteiger partial charge in [0.15, 0.2) is 0 Å². The van der Waals surface area contributed by atoms with Crippen LogP contribution < -0.4 is 25.6 Å². The van der Waals surface area contributed by atoms with Crippen molar-refractivity contribution >= 4 is 78.0 Å². The third kappa shape index (κ3) is 18.2. The van der Waals surface area contributed by atoms with Crippen molar-refractivity contribution in [2.24, 2.45) is 21.7 Å². The average Bonchev–Trinajstić information content (AvgIpc) is 0.920. The second-order valence-electron chi connectivity index (χ2n) is 31.5. The third-order valence-corrected chi connectivity index (χ3v) is 26.5. The Kier molecular flexibility index (Phi) is 23.1. The Morgan fingerprint density at radius 3 is 2.16 bits per heavy atom. The van der Waals surface area contributed by atoms with Crippen molar-refractivity contribution in [2.45, 2.75) is 208 Å². The van der Waals surface area contributed by atoms with Crippen molar-refractivity contribution in [2.75, 3.05) is 68.3 Å².